The number of carbonyl (C=O) groups is 1. The smallest absolute Gasteiger partial charge is 0.307 e. The highest BCUT2D eigenvalue weighted by Gasteiger charge is 2.17. The van der Waals surface area contributed by atoms with Gasteiger partial charge in [-0.3, -0.25) is 9.69 Å². The summed E-state index contributed by atoms with van der Waals surface area (Å²) in [6, 6.07) is 7.42. The van der Waals surface area contributed by atoms with Crippen molar-refractivity contribution in [3.05, 3.63) is 35.6 Å². The number of benzene rings is 1. The molecule has 0 N–H and O–H groups in total. The van der Waals surface area contributed by atoms with Crippen LogP contribution in [0.2, 0.25) is 0 Å². The second-order valence-corrected chi connectivity index (χ2v) is 4.12. The van der Waals surface area contributed by atoms with Crippen molar-refractivity contribution in [2.75, 3.05) is 20.2 Å². The first-order valence-corrected chi connectivity index (χ1v) is 6.09. The number of carbonyl (C=O) groups excluding carboxylic acids is 1. The zero-order chi connectivity index (χ0) is 14.3. The lowest BCUT2D eigenvalue weighted by molar-refractivity contribution is -0.143. The number of hydrogen-bond donors (Lipinski definition) is 0. The summed E-state index contributed by atoms with van der Waals surface area (Å²) in [5, 5.41) is 9.19. The molecular weight excluding hydrogens is 247 g/mol. The predicted octanol–water partition coefficient (Wildman–Crippen LogP) is 2.28. The summed E-state index contributed by atoms with van der Waals surface area (Å²) >= 11 is 0. The normalized spacial score (nSPS) is 11.9. The van der Waals surface area contributed by atoms with E-state index >= 15 is 0 Å². The lowest BCUT2D eigenvalue weighted by Crippen LogP contribution is -2.26. The Kier molecular flexibility index (Phi) is 5.97. The zero-order valence-electron chi connectivity index (χ0n) is 11.1. The molecule has 4 nitrogen and oxygen atoms in total. The minimum absolute atomic E-state index is 0.226. The van der Waals surface area contributed by atoms with Crippen LogP contribution in [-0.2, 0) is 9.53 Å². The van der Waals surface area contributed by atoms with E-state index in [4.69, 9.17) is 4.74 Å². The maximum atomic E-state index is 12.8. The topological polar surface area (TPSA) is 53.3 Å². The molecule has 0 heterocycles. The molecule has 0 aromatic heterocycles. The summed E-state index contributed by atoms with van der Waals surface area (Å²) in [4.78, 5) is 13.0. The van der Waals surface area contributed by atoms with E-state index in [1.165, 1.54) is 12.1 Å². The van der Waals surface area contributed by atoms with Gasteiger partial charge < -0.3 is 4.74 Å². The van der Waals surface area contributed by atoms with Gasteiger partial charge >= 0.3 is 5.97 Å². The number of nitrogens with zero attached hydrogens (tertiary/aromatic N) is 2. The monoisotopic (exact) mass is 264 g/mol. The number of halogens is 1. The summed E-state index contributed by atoms with van der Waals surface area (Å²) in [7, 11) is 1.75. The van der Waals surface area contributed by atoms with Crippen LogP contribution in [0.1, 0.15) is 24.9 Å². The van der Waals surface area contributed by atoms with Crippen LogP contribution in [0.25, 0.3) is 0 Å². The Morgan fingerprint density at radius 1 is 1.47 bits per heavy atom. The van der Waals surface area contributed by atoms with Crippen molar-refractivity contribution in [2.24, 2.45) is 0 Å². The van der Waals surface area contributed by atoms with Gasteiger partial charge in [0.2, 0.25) is 0 Å². The third-order valence-electron chi connectivity index (χ3n) is 2.72. The molecule has 1 atom stereocenters. The molecule has 0 radical (unpaired) electrons. The summed E-state index contributed by atoms with van der Waals surface area (Å²) in [6.45, 7) is 2.51. The van der Waals surface area contributed by atoms with Crippen molar-refractivity contribution in [3.8, 4) is 6.07 Å². The predicted molar refractivity (Wildman–Crippen MR) is 68.6 cm³/mol. The van der Waals surface area contributed by atoms with E-state index in [1.54, 1.807) is 31.0 Å². The lowest BCUT2D eigenvalue weighted by Gasteiger charge is -2.22. The number of ether oxygens (including phenoxy) is 1. The van der Waals surface area contributed by atoms with Gasteiger partial charge in [0.15, 0.2) is 0 Å². The summed E-state index contributed by atoms with van der Waals surface area (Å²) in [5.41, 5.74) is 0.704. The van der Waals surface area contributed by atoms with Crippen molar-refractivity contribution in [2.45, 2.75) is 19.4 Å². The Morgan fingerprint density at radius 2 is 2.11 bits per heavy atom. The number of hydrogen-bond acceptors (Lipinski definition) is 4. The highest BCUT2D eigenvalue weighted by Crippen LogP contribution is 2.19. The van der Waals surface area contributed by atoms with Gasteiger partial charge in [-0.25, -0.2) is 4.39 Å². The minimum atomic E-state index is -0.505. The Hall–Kier alpha value is -1.93. The van der Waals surface area contributed by atoms with Gasteiger partial charge in [0, 0.05) is 6.54 Å². The van der Waals surface area contributed by atoms with Crippen molar-refractivity contribution >= 4 is 5.97 Å². The fourth-order valence-corrected chi connectivity index (χ4v) is 1.70. The number of nitriles is 1. The first-order valence-electron chi connectivity index (χ1n) is 6.09. The quantitative estimate of drug-likeness (QED) is 0.740. The molecule has 1 rings (SSSR count). The maximum Gasteiger partial charge on any atom is 0.307 e. The Labute approximate surface area is 112 Å². The molecule has 1 unspecified atom stereocenters. The van der Waals surface area contributed by atoms with Crippen LogP contribution < -0.4 is 0 Å². The van der Waals surface area contributed by atoms with Crippen molar-refractivity contribution in [1.82, 2.24) is 4.90 Å². The Bertz CT molecular complexity index is 454. The van der Waals surface area contributed by atoms with Crippen LogP contribution in [0.5, 0.6) is 0 Å². The van der Waals surface area contributed by atoms with E-state index in [9.17, 15) is 14.4 Å². The molecule has 5 heteroatoms. The van der Waals surface area contributed by atoms with E-state index in [1.807, 2.05) is 0 Å². The largest absolute Gasteiger partial charge is 0.466 e. The fourth-order valence-electron chi connectivity index (χ4n) is 1.70. The minimum Gasteiger partial charge on any atom is -0.466 e. The van der Waals surface area contributed by atoms with Crippen molar-refractivity contribution in [3.63, 3.8) is 0 Å². The molecule has 0 aliphatic heterocycles. The zero-order valence-corrected chi connectivity index (χ0v) is 11.1. The van der Waals surface area contributed by atoms with Crippen LogP contribution in [0.15, 0.2) is 24.3 Å². The number of esters is 1. The van der Waals surface area contributed by atoms with E-state index in [2.05, 4.69) is 6.07 Å². The van der Waals surface area contributed by atoms with Crippen LogP contribution >= 0.6 is 0 Å². The number of rotatable bonds is 6. The second-order valence-electron chi connectivity index (χ2n) is 4.12. The highest BCUT2D eigenvalue weighted by molar-refractivity contribution is 5.69. The first kappa shape index (κ1) is 15.1. The first-order chi connectivity index (χ1) is 9.08. The molecule has 1 aromatic carbocycles. The molecule has 0 bridgehead atoms. The SMILES string of the molecule is CCOC(=O)CCN(C)C(C#N)c1ccc(F)cc1. The molecule has 0 saturated carbocycles. The average Bonchev–Trinajstić information content (AvgIpc) is 2.40. The molecule has 0 aliphatic carbocycles. The van der Waals surface area contributed by atoms with E-state index in [-0.39, 0.29) is 18.2 Å². The summed E-state index contributed by atoms with van der Waals surface area (Å²) < 4.78 is 17.7. The van der Waals surface area contributed by atoms with Crippen molar-refractivity contribution < 1.29 is 13.9 Å². The molecule has 102 valence electrons. The van der Waals surface area contributed by atoms with Gasteiger partial charge in [-0.2, -0.15) is 5.26 Å². The van der Waals surface area contributed by atoms with Crippen LogP contribution in [-0.4, -0.2) is 31.1 Å². The maximum absolute atomic E-state index is 12.8. The molecule has 1 aromatic rings. The Balaban J connectivity index is 2.62. The van der Waals surface area contributed by atoms with Gasteiger partial charge in [-0.05, 0) is 31.7 Å². The third-order valence-corrected chi connectivity index (χ3v) is 2.72. The standard InChI is InChI=1S/C14H17FN2O2/c1-3-19-14(18)8-9-17(2)13(10-16)11-4-6-12(15)7-5-11/h4-7,13H,3,8-9H2,1-2H3. The van der Waals surface area contributed by atoms with E-state index < -0.39 is 6.04 Å². The van der Waals surface area contributed by atoms with Gasteiger partial charge in [0.25, 0.3) is 0 Å². The lowest BCUT2D eigenvalue weighted by atomic mass is 10.1. The molecule has 0 aliphatic rings. The molecule has 19 heavy (non-hydrogen) atoms. The van der Waals surface area contributed by atoms with E-state index in [0.717, 1.165) is 0 Å². The van der Waals surface area contributed by atoms with Crippen LogP contribution in [0.4, 0.5) is 4.39 Å². The molecule has 0 amide bonds. The van der Waals surface area contributed by atoms with Gasteiger partial charge in [0.1, 0.15) is 11.9 Å². The van der Waals surface area contributed by atoms with Crippen LogP contribution in [0.3, 0.4) is 0 Å². The fraction of sp³-hybridized carbons (Fsp3) is 0.429. The van der Waals surface area contributed by atoms with Gasteiger partial charge in [-0.15, -0.1) is 0 Å². The van der Waals surface area contributed by atoms with Gasteiger partial charge in [-0.1, -0.05) is 12.1 Å². The molecule has 0 saturated heterocycles. The Morgan fingerprint density at radius 3 is 2.63 bits per heavy atom. The van der Waals surface area contributed by atoms with Crippen molar-refractivity contribution in [1.29, 1.82) is 5.26 Å². The van der Waals surface area contributed by atoms with Gasteiger partial charge in [0.05, 0.1) is 19.1 Å². The van der Waals surface area contributed by atoms with E-state index in [0.29, 0.717) is 18.7 Å². The molecular formula is C14H17FN2O2. The summed E-state index contributed by atoms with van der Waals surface area (Å²) in [6.07, 6.45) is 0.226. The second kappa shape index (κ2) is 7.49. The van der Waals surface area contributed by atoms with Crippen LogP contribution in [0, 0.1) is 17.1 Å². The molecule has 0 fully saturated rings. The molecule has 0 spiro atoms. The average molecular weight is 264 g/mol. The summed E-state index contributed by atoms with van der Waals surface area (Å²) in [5.74, 6) is -0.625. The third kappa shape index (κ3) is 4.68. The highest BCUT2D eigenvalue weighted by atomic mass is 19.1.